The smallest absolute Gasteiger partial charge is 0.242 e. The fourth-order valence-corrected chi connectivity index (χ4v) is 2.79. The fraction of sp³-hybridized carbons (Fsp3) is 0.533. The van der Waals surface area contributed by atoms with Crippen LogP contribution < -0.4 is 5.32 Å². The Morgan fingerprint density at radius 1 is 1.50 bits per heavy atom. The lowest BCUT2D eigenvalue weighted by atomic mass is 9.92. The van der Waals surface area contributed by atoms with Gasteiger partial charge in [-0.2, -0.15) is 0 Å². The summed E-state index contributed by atoms with van der Waals surface area (Å²) in [5, 5.41) is 3.33. The predicted molar refractivity (Wildman–Crippen MR) is 80.4 cm³/mol. The van der Waals surface area contributed by atoms with Crippen LogP contribution in [-0.4, -0.2) is 29.9 Å². The van der Waals surface area contributed by atoms with E-state index in [2.05, 4.69) is 5.32 Å². The van der Waals surface area contributed by atoms with Crippen molar-refractivity contribution in [3.05, 3.63) is 35.6 Å². The molecular weight excluding hydrogens is 279 g/mol. The maximum atomic E-state index is 13.1. The van der Waals surface area contributed by atoms with Gasteiger partial charge in [-0.3, -0.25) is 4.79 Å². The Morgan fingerprint density at radius 3 is 2.80 bits per heavy atom. The largest absolute Gasteiger partial charge is 0.340 e. The average molecular weight is 301 g/mol. The van der Waals surface area contributed by atoms with Crippen LogP contribution in [0.15, 0.2) is 24.3 Å². The molecule has 1 aromatic carbocycles. The highest BCUT2D eigenvalue weighted by atomic mass is 35.5. The monoisotopic (exact) mass is 300 g/mol. The Hall–Kier alpha value is -1.13. The van der Waals surface area contributed by atoms with Crippen LogP contribution in [0.4, 0.5) is 4.39 Å². The molecule has 1 amide bonds. The fourth-order valence-electron chi connectivity index (χ4n) is 2.79. The van der Waals surface area contributed by atoms with Gasteiger partial charge in [-0.15, -0.1) is 12.4 Å². The first-order valence-corrected chi connectivity index (χ1v) is 6.82. The number of amides is 1. The summed E-state index contributed by atoms with van der Waals surface area (Å²) >= 11 is 0. The van der Waals surface area contributed by atoms with E-state index in [0.717, 1.165) is 31.4 Å². The lowest BCUT2D eigenvalue weighted by Crippen LogP contribution is -2.53. The topological polar surface area (TPSA) is 32.3 Å². The second-order valence-corrected chi connectivity index (χ2v) is 5.26. The second kappa shape index (κ2) is 7.04. The molecule has 0 aliphatic carbocycles. The van der Waals surface area contributed by atoms with Gasteiger partial charge in [-0.05, 0) is 43.5 Å². The van der Waals surface area contributed by atoms with Crippen LogP contribution in [0.3, 0.4) is 0 Å². The van der Waals surface area contributed by atoms with Gasteiger partial charge < -0.3 is 10.2 Å². The summed E-state index contributed by atoms with van der Waals surface area (Å²) in [6.45, 7) is 3.37. The maximum absolute atomic E-state index is 13.1. The molecule has 5 heteroatoms. The first kappa shape index (κ1) is 16.9. The highest BCUT2D eigenvalue weighted by Crippen LogP contribution is 2.25. The third-order valence-electron chi connectivity index (χ3n) is 3.91. The third-order valence-corrected chi connectivity index (χ3v) is 3.91. The summed E-state index contributed by atoms with van der Waals surface area (Å²) in [7, 11) is 1.78. The molecule has 1 N–H and O–H groups in total. The van der Waals surface area contributed by atoms with Crippen molar-refractivity contribution < 1.29 is 9.18 Å². The zero-order chi connectivity index (χ0) is 13.9. The van der Waals surface area contributed by atoms with Crippen LogP contribution in [0.5, 0.6) is 0 Å². The van der Waals surface area contributed by atoms with Crippen LogP contribution in [0, 0.1) is 5.82 Å². The molecule has 1 aliphatic rings. The Bertz CT molecular complexity index is 461. The number of halogens is 2. The van der Waals surface area contributed by atoms with Gasteiger partial charge in [0.1, 0.15) is 5.82 Å². The van der Waals surface area contributed by atoms with Crippen molar-refractivity contribution in [2.24, 2.45) is 0 Å². The van der Waals surface area contributed by atoms with Crippen molar-refractivity contribution in [3.8, 4) is 0 Å². The number of hydrogen-bond acceptors (Lipinski definition) is 2. The Labute approximate surface area is 125 Å². The Morgan fingerprint density at radius 2 is 2.25 bits per heavy atom. The van der Waals surface area contributed by atoms with Crippen LogP contribution in [-0.2, 0) is 11.3 Å². The molecule has 3 nitrogen and oxygen atoms in total. The first-order chi connectivity index (χ1) is 9.07. The van der Waals surface area contributed by atoms with Crippen molar-refractivity contribution >= 4 is 18.3 Å². The lowest BCUT2D eigenvalue weighted by Gasteiger charge is -2.31. The van der Waals surface area contributed by atoms with E-state index >= 15 is 0 Å². The molecule has 1 unspecified atom stereocenters. The molecule has 112 valence electrons. The zero-order valence-electron chi connectivity index (χ0n) is 12.0. The first-order valence-electron chi connectivity index (χ1n) is 6.82. The molecule has 0 radical (unpaired) electrons. The van der Waals surface area contributed by atoms with Gasteiger partial charge >= 0.3 is 0 Å². The zero-order valence-corrected chi connectivity index (χ0v) is 12.8. The normalized spacial score (nSPS) is 21.4. The highest BCUT2D eigenvalue weighted by molar-refractivity contribution is 5.86. The van der Waals surface area contributed by atoms with Crippen molar-refractivity contribution in [1.29, 1.82) is 0 Å². The molecule has 1 heterocycles. The van der Waals surface area contributed by atoms with E-state index in [-0.39, 0.29) is 24.1 Å². The minimum Gasteiger partial charge on any atom is -0.340 e. The van der Waals surface area contributed by atoms with Gasteiger partial charge in [0.2, 0.25) is 5.91 Å². The van der Waals surface area contributed by atoms with Gasteiger partial charge in [0, 0.05) is 13.6 Å². The van der Waals surface area contributed by atoms with E-state index in [1.165, 1.54) is 12.1 Å². The quantitative estimate of drug-likeness (QED) is 0.927. The van der Waals surface area contributed by atoms with E-state index in [1.54, 1.807) is 18.0 Å². The number of rotatable bonds is 4. The summed E-state index contributed by atoms with van der Waals surface area (Å²) in [5.74, 6) is -0.153. The van der Waals surface area contributed by atoms with Gasteiger partial charge in [0.25, 0.3) is 0 Å². The van der Waals surface area contributed by atoms with E-state index in [9.17, 15) is 9.18 Å². The summed E-state index contributed by atoms with van der Waals surface area (Å²) in [5.41, 5.74) is 0.405. The van der Waals surface area contributed by atoms with Gasteiger partial charge in [-0.1, -0.05) is 19.1 Å². The molecule has 2 rings (SSSR count). The molecule has 0 aromatic heterocycles. The number of nitrogens with one attached hydrogen (secondary N) is 1. The van der Waals surface area contributed by atoms with Crippen molar-refractivity contribution in [2.75, 3.05) is 13.6 Å². The molecule has 1 aromatic rings. The predicted octanol–water partition coefficient (Wildman–Crippen LogP) is 2.74. The summed E-state index contributed by atoms with van der Waals surface area (Å²) < 4.78 is 13.1. The molecular formula is C15H22ClFN2O. The number of likely N-dealkylation sites (N-methyl/N-ethyl adjacent to an activating group) is 1. The van der Waals surface area contributed by atoms with E-state index in [0.29, 0.717) is 6.54 Å². The minimum atomic E-state index is -0.415. The molecule has 0 bridgehead atoms. The highest BCUT2D eigenvalue weighted by Gasteiger charge is 2.40. The van der Waals surface area contributed by atoms with Crippen LogP contribution >= 0.6 is 12.4 Å². The number of carbonyl (C=O) groups is 1. The Balaban J connectivity index is 0.00000200. The molecule has 1 saturated heterocycles. The second-order valence-electron chi connectivity index (χ2n) is 5.26. The molecule has 1 aliphatic heterocycles. The minimum absolute atomic E-state index is 0. The van der Waals surface area contributed by atoms with Crippen LogP contribution in [0.2, 0.25) is 0 Å². The molecule has 20 heavy (non-hydrogen) atoms. The molecule has 0 saturated carbocycles. The van der Waals surface area contributed by atoms with Gasteiger partial charge in [-0.25, -0.2) is 4.39 Å². The summed E-state index contributed by atoms with van der Waals surface area (Å²) in [6, 6.07) is 6.40. The molecule has 0 spiro atoms. The van der Waals surface area contributed by atoms with Gasteiger partial charge in [0.05, 0.1) is 5.54 Å². The number of nitrogens with zero attached hydrogens (tertiary/aromatic N) is 1. The third kappa shape index (κ3) is 3.49. The van der Waals surface area contributed by atoms with E-state index in [1.807, 2.05) is 13.0 Å². The van der Waals surface area contributed by atoms with Crippen LogP contribution in [0.25, 0.3) is 0 Å². The molecule has 1 atom stereocenters. The Kier molecular flexibility index (Phi) is 5.96. The van der Waals surface area contributed by atoms with E-state index < -0.39 is 5.54 Å². The van der Waals surface area contributed by atoms with Crippen LogP contribution in [0.1, 0.15) is 31.7 Å². The lowest BCUT2D eigenvalue weighted by molar-refractivity contribution is -0.137. The number of carbonyl (C=O) groups excluding carboxylic acids is 1. The summed E-state index contributed by atoms with van der Waals surface area (Å²) in [4.78, 5) is 14.2. The standard InChI is InChI=1S/C15H21FN2O.ClH/c1-3-15(8-5-9-17-15)14(19)18(2)11-12-6-4-7-13(16)10-12;/h4,6-7,10,17H,3,5,8-9,11H2,1-2H3;1H. The average Bonchev–Trinajstić information content (AvgIpc) is 2.87. The maximum Gasteiger partial charge on any atom is 0.242 e. The number of hydrogen-bond donors (Lipinski definition) is 1. The van der Waals surface area contributed by atoms with Gasteiger partial charge in [0.15, 0.2) is 0 Å². The van der Waals surface area contributed by atoms with Crippen molar-refractivity contribution in [1.82, 2.24) is 10.2 Å². The van der Waals surface area contributed by atoms with Crippen molar-refractivity contribution in [2.45, 2.75) is 38.3 Å². The van der Waals surface area contributed by atoms with E-state index in [4.69, 9.17) is 0 Å². The molecule has 1 fully saturated rings. The van der Waals surface area contributed by atoms with Crippen molar-refractivity contribution in [3.63, 3.8) is 0 Å². The number of benzene rings is 1. The summed E-state index contributed by atoms with van der Waals surface area (Å²) in [6.07, 6.45) is 2.71. The SMILES string of the molecule is CCC1(C(=O)N(C)Cc2cccc(F)c2)CCCN1.Cl.